The van der Waals surface area contributed by atoms with Crippen LogP contribution in [-0.2, 0) is 10.0 Å². The van der Waals surface area contributed by atoms with Crippen LogP contribution in [0.15, 0.2) is 47.4 Å². The SMILES string of the molecule is COc1ccc(N(C)C(=O)c2ccc(OC)c(S(=O)(=O)N3CCCC3)c2)cc1. The molecule has 1 aliphatic rings. The normalized spacial score (nSPS) is 14.7. The molecule has 28 heavy (non-hydrogen) atoms. The number of amides is 1. The molecule has 0 radical (unpaired) electrons. The van der Waals surface area contributed by atoms with Crippen LogP contribution >= 0.6 is 0 Å². The van der Waals surface area contributed by atoms with Gasteiger partial charge in [-0.15, -0.1) is 0 Å². The van der Waals surface area contributed by atoms with Gasteiger partial charge in [0, 0.05) is 31.4 Å². The fraction of sp³-hybridized carbons (Fsp3) is 0.350. The van der Waals surface area contributed by atoms with Gasteiger partial charge in [0.05, 0.1) is 14.2 Å². The molecule has 7 nitrogen and oxygen atoms in total. The Morgan fingerprint density at radius 2 is 1.64 bits per heavy atom. The minimum Gasteiger partial charge on any atom is -0.497 e. The number of benzene rings is 2. The van der Waals surface area contributed by atoms with E-state index >= 15 is 0 Å². The molecule has 150 valence electrons. The Morgan fingerprint density at radius 1 is 1.00 bits per heavy atom. The molecule has 1 heterocycles. The van der Waals surface area contributed by atoms with Crippen LogP contribution in [-0.4, -0.2) is 53.0 Å². The summed E-state index contributed by atoms with van der Waals surface area (Å²) in [6.07, 6.45) is 1.67. The number of carbonyl (C=O) groups excluding carboxylic acids is 1. The standard InChI is InChI=1S/C20H24N2O5S/c1-21(16-7-9-17(26-2)10-8-16)20(23)15-6-11-18(27-3)19(14-15)28(24,25)22-12-4-5-13-22/h6-11,14H,4-5,12-13H2,1-3H3. The Kier molecular flexibility index (Phi) is 5.90. The van der Waals surface area contributed by atoms with Gasteiger partial charge in [0.2, 0.25) is 10.0 Å². The molecule has 0 aliphatic carbocycles. The maximum absolute atomic E-state index is 13.0. The molecule has 3 rings (SSSR count). The molecule has 1 aliphatic heterocycles. The zero-order valence-corrected chi connectivity index (χ0v) is 17.0. The van der Waals surface area contributed by atoms with E-state index in [4.69, 9.17) is 9.47 Å². The van der Waals surface area contributed by atoms with Crippen LogP contribution < -0.4 is 14.4 Å². The first kappa shape index (κ1) is 20.2. The van der Waals surface area contributed by atoms with Gasteiger partial charge in [0.15, 0.2) is 0 Å². The van der Waals surface area contributed by atoms with Gasteiger partial charge in [-0.1, -0.05) is 0 Å². The van der Waals surface area contributed by atoms with Crippen molar-refractivity contribution in [1.29, 1.82) is 0 Å². The molecule has 0 aromatic heterocycles. The number of ether oxygens (including phenoxy) is 2. The Morgan fingerprint density at radius 3 is 2.21 bits per heavy atom. The first-order valence-electron chi connectivity index (χ1n) is 8.99. The van der Waals surface area contributed by atoms with E-state index in [0.29, 0.717) is 24.5 Å². The van der Waals surface area contributed by atoms with Gasteiger partial charge in [-0.25, -0.2) is 8.42 Å². The summed E-state index contributed by atoms with van der Waals surface area (Å²) in [6.45, 7) is 0.963. The van der Waals surface area contributed by atoms with E-state index in [-0.39, 0.29) is 22.1 Å². The molecule has 0 saturated carbocycles. The number of rotatable bonds is 6. The van der Waals surface area contributed by atoms with Crippen molar-refractivity contribution < 1.29 is 22.7 Å². The predicted octanol–water partition coefficient (Wildman–Crippen LogP) is 2.76. The van der Waals surface area contributed by atoms with Crippen LogP contribution in [0.4, 0.5) is 5.69 Å². The summed E-state index contributed by atoms with van der Waals surface area (Å²) in [4.78, 5) is 14.4. The zero-order chi connectivity index (χ0) is 20.3. The van der Waals surface area contributed by atoms with Gasteiger partial charge in [0.25, 0.3) is 5.91 Å². The number of carbonyl (C=O) groups is 1. The van der Waals surface area contributed by atoms with Crippen LogP contribution in [0.1, 0.15) is 23.2 Å². The van der Waals surface area contributed by atoms with Gasteiger partial charge in [-0.3, -0.25) is 4.79 Å². The van der Waals surface area contributed by atoms with E-state index in [2.05, 4.69) is 0 Å². The Hall–Kier alpha value is -2.58. The minimum absolute atomic E-state index is 0.0193. The highest BCUT2D eigenvalue weighted by Gasteiger charge is 2.31. The molecule has 2 aromatic rings. The average Bonchev–Trinajstić information content (AvgIpc) is 3.28. The van der Waals surface area contributed by atoms with E-state index in [1.54, 1.807) is 44.5 Å². The van der Waals surface area contributed by atoms with Gasteiger partial charge in [-0.05, 0) is 55.3 Å². The minimum atomic E-state index is -3.72. The third kappa shape index (κ3) is 3.83. The number of methoxy groups -OCH3 is 2. The second-order valence-corrected chi connectivity index (χ2v) is 8.45. The molecule has 2 aromatic carbocycles. The summed E-state index contributed by atoms with van der Waals surface area (Å²) in [5, 5.41) is 0. The first-order chi connectivity index (χ1) is 13.4. The zero-order valence-electron chi connectivity index (χ0n) is 16.2. The molecule has 0 N–H and O–H groups in total. The van der Waals surface area contributed by atoms with Crippen molar-refractivity contribution in [2.75, 3.05) is 39.3 Å². The molecule has 1 saturated heterocycles. The predicted molar refractivity (Wildman–Crippen MR) is 107 cm³/mol. The molecule has 0 spiro atoms. The van der Waals surface area contributed by atoms with Crippen molar-refractivity contribution in [3.05, 3.63) is 48.0 Å². The van der Waals surface area contributed by atoms with Crippen molar-refractivity contribution in [3.63, 3.8) is 0 Å². The Labute approximate surface area is 165 Å². The van der Waals surface area contributed by atoms with Crippen molar-refractivity contribution in [2.45, 2.75) is 17.7 Å². The molecule has 0 atom stereocenters. The first-order valence-corrected chi connectivity index (χ1v) is 10.4. The maximum atomic E-state index is 13.0. The summed E-state index contributed by atoms with van der Waals surface area (Å²) in [6, 6.07) is 11.5. The second kappa shape index (κ2) is 8.20. The number of hydrogen-bond donors (Lipinski definition) is 0. The second-order valence-electron chi connectivity index (χ2n) is 6.54. The summed E-state index contributed by atoms with van der Waals surface area (Å²) in [5.41, 5.74) is 0.947. The molecule has 8 heteroatoms. The lowest BCUT2D eigenvalue weighted by Crippen LogP contribution is -2.29. The van der Waals surface area contributed by atoms with E-state index in [1.165, 1.54) is 28.4 Å². The summed E-state index contributed by atoms with van der Waals surface area (Å²) in [5.74, 6) is 0.606. The quantitative estimate of drug-likeness (QED) is 0.740. The lowest BCUT2D eigenvalue weighted by Gasteiger charge is -2.20. The summed E-state index contributed by atoms with van der Waals surface area (Å²) < 4.78 is 37.8. The molecular formula is C20H24N2O5S. The van der Waals surface area contributed by atoms with Gasteiger partial charge < -0.3 is 14.4 Å². The molecule has 1 amide bonds. The number of sulfonamides is 1. The Balaban J connectivity index is 1.94. The highest BCUT2D eigenvalue weighted by Crippen LogP contribution is 2.30. The van der Waals surface area contributed by atoms with Crippen molar-refractivity contribution >= 4 is 21.6 Å². The van der Waals surface area contributed by atoms with Crippen LogP contribution in [0, 0.1) is 0 Å². The molecule has 0 unspecified atom stereocenters. The molecule has 1 fully saturated rings. The summed E-state index contributed by atoms with van der Waals surface area (Å²) in [7, 11) is 0.919. The third-order valence-electron chi connectivity index (χ3n) is 4.86. The average molecular weight is 404 g/mol. The lowest BCUT2D eigenvalue weighted by atomic mass is 10.1. The van der Waals surface area contributed by atoms with Gasteiger partial charge in [0.1, 0.15) is 16.4 Å². The number of anilines is 1. The Bertz CT molecular complexity index is 951. The van der Waals surface area contributed by atoms with Crippen molar-refractivity contribution in [2.24, 2.45) is 0 Å². The van der Waals surface area contributed by atoms with E-state index in [1.807, 2.05) is 0 Å². The van der Waals surface area contributed by atoms with Crippen LogP contribution in [0.25, 0.3) is 0 Å². The molecular weight excluding hydrogens is 380 g/mol. The highest BCUT2D eigenvalue weighted by molar-refractivity contribution is 7.89. The van der Waals surface area contributed by atoms with Crippen molar-refractivity contribution in [1.82, 2.24) is 4.31 Å². The lowest BCUT2D eigenvalue weighted by molar-refractivity contribution is 0.0992. The summed E-state index contributed by atoms with van der Waals surface area (Å²) >= 11 is 0. The third-order valence-corrected chi connectivity index (χ3v) is 6.78. The smallest absolute Gasteiger partial charge is 0.258 e. The van der Waals surface area contributed by atoms with Crippen LogP contribution in [0.3, 0.4) is 0 Å². The monoisotopic (exact) mass is 404 g/mol. The van der Waals surface area contributed by atoms with Crippen LogP contribution in [0.2, 0.25) is 0 Å². The van der Waals surface area contributed by atoms with Gasteiger partial charge in [-0.2, -0.15) is 4.31 Å². The van der Waals surface area contributed by atoms with E-state index in [9.17, 15) is 13.2 Å². The number of hydrogen-bond acceptors (Lipinski definition) is 5. The van der Waals surface area contributed by atoms with E-state index < -0.39 is 10.0 Å². The highest BCUT2D eigenvalue weighted by atomic mass is 32.2. The molecule has 0 bridgehead atoms. The largest absolute Gasteiger partial charge is 0.497 e. The topological polar surface area (TPSA) is 76.1 Å². The number of nitrogens with zero attached hydrogens (tertiary/aromatic N) is 2. The fourth-order valence-electron chi connectivity index (χ4n) is 3.20. The maximum Gasteiger partial charge on any atom is 0.258 e. The van der Waals surface area contributed by atoms with Crippen LogP contribution in [0.5, 0.6) is 11.5 Å². The van der Waals surface area contributed by atoms with E-state index in [0.717, 1.165) is 12.8 Å². The fourth-order valence-corrected chi connectivity index (χ4v) is 4.89. The van der Waals surface area contributed by atoms with Crippen molar-refractivity contribution in [3.8, 4) is 11.5 Å². The van der Waals surface area contributed by atoms with Gasteiger partial charge >= 0.3 is 0 Å².